The molecule has 0 aromatic heterocycles. The van der Waals surface area contributed by atoms with Crippen molar-refractivity contribution in [2.75, 3.05) is 10.6 Å². The minimum absolute atomic E-state index is 0.0530. The molecular weight excluding hydrogens is 500 g/mol. The summed E-state index contributed by atoms with van der Waals surface area (Å²) in [6, 6.07) is 14.4. The van der Waals surface area contributed by atoms with Crippen molar-refractivity contribution in [1.82, 2.24) is 0 Å². The Bertz CT molecular complexity index is 727. The molecule has 2 unspecified atom stereocenters. The molecule has 0 aliphatic heterocycles. The van der Waals surface area contributed by atoms with E-state index in [0.29, 0.717) is 11.5 Å². The van der Waals surface area contributed by atoms with Crippen LogP contribution in [0, 0.1) is 0 Å². The van der Waals surface area contributed by atoms with Gasteiger partial charge in [-0.1, -0.05) is 58.5 Å². The van der Waals surface area contributed by atoms with Gasteiger partial charge >= 0.3 is 0 Å². The van der Waals surface area contributed by atoms with E-state index in [4.69, 9.17) is 4.74 Å². The average molecular weight is 526 g/mol. The van der Waals surface area contributed by atoms with Gasteiger partial charge in [0.05, 0.1) is 9.65 Å². The van der Waals surface area contributed by atoms with Gasteiger partial charge in [-0.2, -0.15) is 0 Å². The van der Waals surface area contributed by atoms with Crippen molar-refractivity contribution in [3.8, 4) is 11.5 Å². The number of carbonyl (C=O) groups is 2. The Labute approximate surface area is 188 Å². The fourth-order valence-corrected chi connectivity index (χ4v) is 3.70. The van der Waals surface area contributed by atoms with Crippen molar-refractivity contribution < 1.29 is 14.3 Å². The zero-order valence-electron chi connectivity index (χ0n) is 16.6. The molecule has 0 aliphatic rings. The molecule has 0 spiro atoms. The minimum atomic E-state index is -0.191. The number of carbonyl (C=O) groups excluding carboxylic acids is 2. The SMILES string of the molecule is CCCC(Br)C(=O)Nc1ccc(Oc2ccc(NC(=O)C(Br)CCC)cc2)cc1. The van der Waals surface area contributed by atoms with E-state index in [9.17, 15) is 9.59 Å². The number of halogens is 2. The summed E-state index contributed by atoms with van der Waals surface area (Å²) in [7, 11) is 0. The molecule has 5 nitrogen and oxygen atoms in total. The fraction of sp³-hybridized carbons (Fsp3) is 0.364. The van der Waals surface area contributed by atoms with Gasteiger partial charge in [-0.25, -0.2) is 0 Å². The second-order valence-corrected chi connectivity index (χ2v) is 8.85. The predicted molar refractivity (Wildman–Crippen MR) is 125 cm³/mol. The van der Waals surface area contributed by atoms with Gasteiger partial charge in [0.15, 0.2) is 0 Å². The lowest BCUT2D eigenvalue weighted by atomic mass is 10.2. The quantitative estimate of drug-likeness (QED) is 0.348. The maximum Gasteiger partial charge on any atom is 0.238 e. The van der Waals surface area contributed by atoms with E-state index in [0.717, 1.165) is 37.1 Å². The number of anilines is 2. The summed E-state index contributed by atoms with van der Waals surface area (Å²) in [6.07, 6.45) is 3.46. The Kier molecular flexibility index (Phi) is 9.67. The van der Waals surface area contributed by atoms with Crippen LogP contribution in [0.25, 0.3) is 0 Å². The Balaban J connectivity index is 1.90. The number of alkyl halides is 2. The molecule has 156 valence electrons. The molecule has 29 heavy (non-hydrogen) atoms. The number of ether oxygens (including phenoxy) is 1. The van der Waals surface area contributed by atoms with E-state index in [1.165, 1.54) is 0 Å². The van der Waals surface area contributed by atoms with E-state index >= 15 is 0 Å². The molecule has 0 saturated heterocycles. The van der Waals surface area contributed by atoms with Crippen LogP contribution in [0.2, 0.25) is 0 Å². The summed E-state index contributed by atoms with van der Waals surface area (Å²) < 4.78 is 5.83. The molecule has 0 bridgehead atoms. The van der Waals surface area contributed by atoms with Crippen LogP contribution in [-0.2, 0) is 9.59 Å². The van der Waals surface area contributed by atoms with E-state index in [-0.39, 0.29) is 21.5 Å². The topological polar surface area (TPSA) is 67.4 Å². The van der Waals surface area contributed by atoms with Crippen molar-refractivity contribution in [1.29, 1.82) is 0 Å². The normalized spacial score (nSPS) is 12.7. The van der Waals surface area contributed by atoms with Crippen LogP contribution in [0.15, 0.2) is 48.5 Å². The van der Waals surface area contributed by atoms with Crippen LogP contribution in [0.3, 0.4) is 0 Å². The van der Waals surface area contributed by atoms with Gasteiger partial charge in [-0.15, -0.1) is 0 Å². The van der Waals surface area contributed by atoms with Crippen molar-refractivity contribution >= 4 is 55.0 Å². The van der Waals surface area contributed by atoms with E-state index in [2.05, 4.69) is 42.5 Å². The lowest BCUT2D eigenvalue weighted by Gasteiger charge is -2.12. The third-order valence-electron chi connectivity index (χ3n) is 4.13. The van der Waals surface area contributed by atoms with Crippen LogP contribution in [-0.4, -0.2) is 21.5 Å². The first-order valence-electron chi connectivity index (χ1n) is 9.70. The highest BCUT2D eigenvalue weighted by Gasteiger charge is 2.14. The van der Waals surface area contributed by atoms with Crippen LogP contribution >= 0.6 is 31.9 Å². The number of rotatable bonds is 10. The molecule has 0 aliphatic carbocycles. The summed E-state index contributed by atoms with van der Waals surface area (Å²) in [5.41, 5.74) is 1.44. The van der Waals surface area contributed by atoms with Gasteiger partial charge in [-0.3, -0.25) is 9.59 Å². The van der Waals surface area contributed by atoms with Crippen molar-refractivity contribution in [2.24, 2.45) is 0 Å². The van der Waals surface area contributed by atoms with Gasteiger partial charge in [0.25, 0.3) is 0 Å². The van der Waals surface area contributed by atoms with Crippen LogP contribution in [0.4, 0.5) is 11.4 Å². The van der Waals surface area contributed by atoms with E-state index < -0.39 is 0 Å². The van der Waals surface area contributed by atoms with Gasteiger partial charge in [0.1, 0.15) is 11.5 Å². The zero-order chi connectivity index (χ0) is 21.2. The standard InChI is InChI=1S/C22H26Br2N2O3/c1-3-5-19(23)21(27)25-15-7-11-17(12-8-15)29-18-13-9-16(10-14-18)26-22(28)20(24)6-4-2/h7-14,19-20H,3-6H2,1-2H3,(H,25,27)(H,26,28). The third-order valence-corrected chi connectivity index (χ3v) is 5.88. The smallest absolute Gasteiger partial charge is 0.238 e. The monoisotopic (exact) mass is 524 g/mol. The van der Waals surface area contributed by atoms with Crippen molar-refractivity contribution in [3.63, 3.8) is 0 Å². The van der Waals surface area contributed by atoms with Gasteiger partial charge in [-0.05, 0) is 61.4 Å². The molecule has 7 heteroatoms. The number of nitrogens with one attached hydrogen (secondary N) is 2. The first kappa shape index (κ1) is 23.4. The molecule has 0 heterocycles. The highest BCUT2D eigenvalue weighted by Crippen LogP contribution is 2.25. The van der Waals surface area contributed by atoms with Crippen LogP contribution in [0.5, 0.6) is 11.5 Å². The lowest BCUT2D eigenvalue weighted by Crippen LogP contribution is -2.22. The maximum atomic E-state index is 12.0. The molecule has 2 N–H and O–H groups in total. The van der Waals surface area contributed by atoms with E-state index in [1.807, 2.05) is 13.8 Å². The largest absolute Gasteiger partial charge is 0.457 e. The van der Waals surface area contributed by atoms with Crippen LogP contribution < -0.4 is 15.4 Å². The summed E-state index contributed by atoms with van der Waals surface area (Å²) in [5.74, 6) is 1.21. The summed E-state index contributed by atoms with van der Waals surface area (Å²) in [5, 5.41) is 5.75. The molecule has 2 amide bonds. The van der Waals surface area contributed by atoms with Crippen LogP contribution in [0.1, 0.15) is 39.5 Å². The molecule has 2 atom stereocenters. The molecule has 2 aromatic rings. The summed E-state index contributed by atoms with van der Waals surface area (Å²) in [6.45, 7) is 4.08. The molecule has 2 rings (SSSR count). The number of hydrogen-bond donors (Lipinski definition) is 2. The predicted octanol–water partition coefficient (Wildman–Crippen LogP) is 6.48. The second kappa shape index (κ2) is 12.0. The molecule has 2 aromatic carbocycles. The lowest BCUT2D eigenvalue weighted by molar-refractivity contribution is -0.116. The number of benzene rings is 2. The first-order chi connectivity index (χ1) is 13.9. The highest BCUT2D eigenvalue weighted by atomic mass is 79.9. The van der Waals surface area contributed by atoms with Crippen molar-refractivity contribution in [2.45, 2.75) is 49.2 Å². The molecule has 0 radical (unpaired) electrons. The Morgan fingerprint density at radius 1 is 0.759 bits per heavy atom. The molecule has 0 saturated carbocycles. The highest BCUT2D eigenvalue weighted by molar-refractivity contribution is 9.10. The van der Waals surface area contributed by atoms with Gasteiger partial charge in [0, 0.05) is 11.4 Å². The summed E-state index contributed by atoms with van der Waals surface area (Å²) >= 11 is 6.78. The van der Waals surface area contributed by atoms with Gasteiger partial charge in [0.2, 0.25) is 11.8 Å². The average Bonchev–Trinajstić information content (AvgIpc) is 2.71. The maximum absolute atomic E-state index is 12.0. The van der Waals surface area contributed by atoms with Crippen molar-refractivity contribution in [3.05, 3.63) is 48.5 Å². The summed E-state index contributed by atoms with van der Waals surface area (Å²) in [4.78, 5) is 23.7. The number of amides is 2. The minimum Gasteiger partial charge on any atom is -0.457 e. The molecule has 0 fully saturated rings. The third kappa shape index (κ3) is 7.82. The fourth-order valence-electron chi connectivity index (χ4n) is 2.56. The van der Waals surface area contributed by atoms with Gasteiger partial charge < -0.3 is 15.4 Å². The Morgan fingerprint density at radius 3 is 1.41 bits per heavy atom. The zero-order valence-corrected chi connectivity index (χ0v) is 19.8. The first-order valence-corrected chi connectivity index (χ1v) is 11.5. The number of hydrogen-bond acceptors (Lipinski definition) is 3. The second-order valence-electron chi connectivity index (χ2n) is 6.64. The van der Waals surface area contributed by atoms with E-state index in [1.54, 1.807) is 48.5 Å². The Morgan fingerprint density at radius 2 is 1.10 bits per heavy atom. The Hall–Kier alpha value is -1.86. The molecular formula is C22H26Br2N2O3.